The van der Waals surface area contributed by atoms with E-state index in [2.05, 4.69) is 49.2 Å². The van der Waals surface area contributed by atoms with Gasteiger partial charge in [-0.15, -0.1) is 0 Å². The molecule has 1 heterocycles. The van der Waals surface area contributed by atoms with Gasteiger partial charge < -0.3 is 10.2 Å². The van der Waals surface area contributed by atoms with Crippen LogP contribution in [0.1, 0.15) is 39.2 Å². The zero-order chi connectivity index (χ0) is 13.2. The van der Waals surface area contributed by atoms with Crippen LogP contribution in [0.4, 0.5) is 5.69 Å². The number of halogens is 1. The van der Waals surface area contributed by atoms with Gasteiger partial charge in [0.2, 0.25) is 0 Å². The second kappa shape index (κ2) is 5.50. The van der Waals surface area contributed by atoms with E-state index >= 15 is 0 Å². The van der Waals surface area contributed by atoms with E-state index < -0.39 is 0 Å². The molecule has 0 bridgehead atoms. The van der Waals surface area contributed by atoms with Crippen LogP contribution in [0.25, 0.3) is 0 Å². The van der Waals surface area contributed by atoms with Crippen LogP contribution in [-0.2, 0) is 6.54 Å². The van der Waals surface area contributed by atoms with Crippen LogP contribution in [0.5, 0.6) is 0 Å². The minimum Gasteiger partial charge on any atom is -0.371 e. The van der Waals surface area contributed by atoms with Crippen molar-refractivity contribution < 1.29 is 0 Å². The number of rotatable bonds is 3. The highest BCUT2D eigenvalue weighted by molar-refractivity contribution is 6.31. The average molecular weight is 267 g/mol. The Morgan fingerprint density at radius 1 is 1.22 bits per heavy atom. The molecular formula is C15H23ClN2. The molecule has 0 radical (unpaired) electrons. The smallest absolute Gasteiger partial charge is 0.0471 e. The second-order valence-corrected chi connectivity index (χ2v) is 6.48. The normalized spacial score (nSPS) is 16.3. The molecule has 2 nitrogen and oxygen atoms in total. The molecule has 1 aliphatic heterocycles. The minimum atomic E-state index is 0.122. The van der Waals surface area contributed by atoms with E-state index in [-0.39, 0.29) is 5.54 Å². The standard InChI is InChI=1S/C15H23ClN2/c1-15(2,3)17-11-12-6-7-13(10-14(12)16)18-8-4-5-9-18/h6-7,10,17H,4-5,8-9,11H2,1-3H3. The van der Waals surface area contributed by atoms with E-state index in [0.717, 1.165) is 24.7 Å². The predicted molar refractivity (Wildman–Crippen MR) is 79.5 cm³/mol. The summed E-state index contributed by atoms with van der Waals surface area (Å²) in [5.74, 6) is 0. The summed E-state index contributed by atoms with van der Waals surface area (Å²) in [5.41, 5.74) is 2.56. The average Bonchev–Trinajstić information content (AvgIpc) is 2.79. The molecule has 0 aliphatic carbocycles. The molecule has 0 amide bonds. The highest BCUT2D eigenvalue weighted by Gasteiger charge is 2.14. The van der Waals surface area contributed by atoms with Crippen molar-refractivity contribution in [3.63, 3.8) is 0 Å². The number of nitrogens with zero attached hydrogens (tertiary/aromatic N) is 1. The van der Waals surface area contributed by atoms with Gasteiger partial charge in [-0.3, -0.25) is 0 Å². The first-order chi connectivity index (χ1) is 8.46. The maximum absolute atomic E-state index is 6.37. The molecule has 1 aliphatic rings. The van der Waals surface area contributed by atoms with Gasteiger partial charge in [-0.2, -0.15) is 0 Å². The SMILES string of the molecule is CC(C)(C)NCc1ccc(N2CCCC2)cc1Cl. The Kier molecular flexibility index (Phi) is 4.18. The zero-order valence-corrected chi connectivity index (χ0v) is 12.3. The van der Waals surface area contributed by atoms with Crippen LogP contribution in [0.3, 0.4) is 0 Å². The molecule has 1 saturated heterocycles. The van der Waals surface area contributed by atoms with Crippen LogP contribution < -0.4 is 10.2 Å². The highest BCUT2D eigenvalue weighted by Crippen LogP contribution is 2.26. The van der Waals surface area contributed by atoms with Gasteiger partial charge >= 0.3 is 0 Å². The van der Waals surface area contributed by atoms with Crippen molar-refractivity contribution in [1.29, 1.82) is 0 Å². The van der Waals surface area contributed by atoms with Gasteiger partial charge in [-0.1, -0.05) is 17.7 Å². The summed E-state index contributed by atoms with van der Waals surface area (Å²) in [7, 11) is 0. The van der Waals surface area contributed by atoms with E-state index in [1.54, 1.807) is 0 Å². The van der Waals surface area contributed by atoms with Crippen LogP contribution in [0.15, 0.2) is 18.2 Å². The fourth-order valence-electron chi connectivity index (χ4n) is 2.21. The van der Waals surface area contributed by atoms with Gasteiger partial charge in [0, 0.05) is 35.9 Å². The Hall–Kier alpha value is -0.730. The predicted octanol–water partition coefficient (Wildman–Crippen LogP) is 3.83. The Balaban J connectivity index is 2.05. The summed E-state index contributed by atoms with van der Waals surface area (Å²) < 4.78 is 0. The molecule has 3 heteroatoms. The second-order valence-electron chi connectivity index (χ2n) is 6.07. The zero-order valence-electron chi connectivity index (χ0n) is 11.6. The number of nitrogens with one attached hydrogen (secondary N) is 1. The van der Waals surface area contributed by atoms with Crippen molar-refractivity contribution in [3.05, 3.63) is 28.8 Å². The molecule has 0 unspecified atom stereocenters. The molecule has 100 valence electrons. The lowest BCUT2D eigenvalue weighted by Crippen LogP contribution is -2.35. The summed E-state index contributed by atoms with van der Waals surface area (Å²) in [4.78, 5) is 2.41. The first kappa shape index (κ1) is 13.7. The van der Waals surface area contributed by atoms with Crippen molar-refractivity contribution >= 4 is 17.3 Å². The first-order valence-electron chi connectivity index (χ1n) is 6.74. The monoisotopic (exact) mass is 266 g/mol. The molecule has 1 fully saturated rings. The van der Waals surface area contributed by atoms with E-state index in [0.29, 0.717) is 0 Å². The van der Waals surface area contributed by atoms with Crippen LogP contribution in [0, 0.1) is 0 Å². The fraction of sp³-hybridized carbons (Fsp3) is 0.600. The fourth-order valence-corrected chi connectivity index (χ4v) is 2.45. The highest BCUT2D eigenvalue weighted by atomic mass is 35.5. The third-order valence-electron chi connectivity index (χ3n) is 3.32. The minimum absolute atomic E-state index is 0.122. The quantitative estimate of drug-likeness (QED) is 0.895. The van der Waals surface area contributed by atoms with Crippen molar-refractivity contribution in [2.45, 2.75) is 45.7 Å². The van der Waals surface area contributed by atoms with E-state index in [1.165, 1.54) is 24.1 Å². The number of benzene rings is 1. The number of hydrogen-bond acceptors (Lipinski definition) is 2. The van der Waals surface area contributed by atoms with Gasteiger partial charge in [-0.25, -0.2) is 0 Å². The molecule has 18 heavy (non-hydrogen) atoms. The van der Waals surface area contributed by atoms with Crippen LogP contribution >= 0.6 is 11.6 Å². The molecular weight excluding hydrogens is 244 g/mol. The summed E-state index contributed by atoms with van der Waals surface area (Å²) in [5, 5.41) is 4.34. The third kappa shape index (κ3) is 3.63. The molecule has 2 rings (SSSR count). The Bertz CT molecular complexity index is 403. The molecule has 0 saturated carbocycles. The van der Waals surface area contributed by atoms with Crippen molar-refractivity contribution in [1.82, 2.24) is 5.32 Å². The topological polar surface area (TPSA) is 15.3 Å². The number of hydrogen-bond donors (Lipinski definition) is 1. The lowest BCUT2D eigenvalue weighted by atomic mass is 10.1. The molecule has 0 atom stereocenters. The van der Waals surface area contributed by atoms with Gasteiger partial charge in [0.1, 0.15) is 0 Å². The summed E-state index contributed by atoms with van der Waals surface area (Å²) in [6.07, 6.45) is 2.59. The van der Waals surface area contributed by atoms with Gasteiger partial charge in [0.25, 0.3) is 0 Å². The maximum atomic E-state index is 6.37. The van der Waals surface area contributed by atoms with Crippen molar-refractivity contribution in [2.24, 2.45) is 0 Å². The third-order valence-corrected chi connectivity index (χ3v) is 3.67. The lowest BCUT2D eigenvalue weighted by Gasteiger charge is -2.22. The van der Waals surface area contributed by atoms with Crippen molar-refractivity contribution in [3.8, 4) is 0 Å². The van der Waals surface area contributed by atoms with E-state index in [4.69, 9.17) is 11.6 Å². The lowest BCUT2D eigenvalue weighted by molar-refractivity contribution is 0.424. The summed E-state index contributed by atoms with van der Waals surface area (Å²) in [6.45, 7) is 9.65. The molecule has 1 aromatic carbocycles. The molecule has 1 aromatic rings. The Morgan fingerprint density at radius 3 is 2.44 bits per heavy atom. The van der Waals surface area contributed by atoms with Gasteiger partial charge in [0.15, 0.2) is 0 Å². The molecule has 1 N–H and O–H groups in total. The number of anilines is 1. The van der Waals surface area contributed by atoms with Gasteiger partial charge in [-0.05, 0) is 51.3 Å². The molecule has 0 aromatic heterocycles. The largest absolute Gasteiger partial charge is 0.371 e. The Labute approximate surface area is 115 Å². The summed E-state index contributed by atoms with van der Waals surface area (Å²) >= 11 is 6.37. The molecule has 0 spiro atoms. The van der Waals surface area contributed by atoms with Crippen LogP contribution in [-0.4, -0.2) is 18.6 Å². The van der Waals surface area contributed by atoms with E-state index in [9.17, 15) is 0 Å². The van der Waals surface area contributed by atoms with Crippen molar-refractivity contribution in [2.75, 3.05) is 18.0 Å². The maximum Gasteiger partial charge on any atom is 0.0471 e. The first-order valence-corrected chi connectivity index (χ1v) is 7.12. The van der Waals surface area contributed by atoms with E-state index in [1.807, 2.05) is 0 Å². The van der Waals surface area contributed by atoms with Gasteiger partial charge in [0.05, 0.1) is 0 Å². The summed E-state index contributed by atoms with van der Waals surface area (Å²) in [6, 6.07) is 6.44. The Morgan fingerprint density at radius 2 is 1.89 bits per heavy atom. The van der Waals surface area contributed by atoms with Crippen LogP contribution in [0.2, 0.25) is 5.02 Å².